The number of hydrogen-bond donors (Lipinski definition) is 2. The molecule has 0 spiro atoms. The van der Waals surface area contributed by atoms with Gasteiger partial charge in [0.15, 0.2) is 0 Å². The highest BCUT2D eigenvalue weighted by atomic mass is 19.1. The van der Waals surface area contributed by atoms with E-state index in [9.17, 15) is 9.50 Å². The summed E-state index contributed by atoms with van der Waals surface area (Å²) in [4.78, 5) is 2.48. The molecule has 1 aliphatic rings. The number of piperidine rings is 1. The predicted octanol–water partition coefficient (Wildman–Crippen LogP) is 2.97. The van der Waals surface area contributed by atoms with E-state index in [1.807, 2.05) is 26.0 Å². The van der Waals surface area contributed by atoms with Crippen LogP contribution in [-0.2, 0) is 6.42 Å². The molecular weight excluding hydrogens is 291 g/mol. The Balaban J connectivity index is 1.66. The fourth-order valence-electron chi connectivity index (χ4n) is 3.13. The minimum Gasteiger partial charge on any atom is -0.389 e. The lowest BCUT2D eigenvalue weighted by molar-refractivity contribution is 0.0272. The van der Waals surface area contributed by atoms with Crippen molar-refractivity contribution < 1.29 is 9.50 Å². The number of nitrogens with zero attached hydrogens (tertiary/aromatic N) is 1. The van der Waals surface area contributed by atoms with Crippen molar-refractivity contribution in [1.82, 2.24) is 10.2 Å². The highest BCUT2D eigenvalue weighted by Crippen LogP contribution is 2.16. The lowest BCUT2D eigenvalue weighted by atomic mass is 9.96. The minimum atomic E-state index is -0.556. The number of benzene rings is 1. The summed E-state index contributed by atoms with van der Waals surface area (Å²) in [5.41, 5.74) is 0.641. The molecule has 1 aromatic carbocycles. The molecule has 3 nitrogen and oxygen atoms in total. The number of hydrogen-bond acceptors (Lipinski definition) is 3. The Morgan fingerprint density at radius 1 is 1.17 bits per heavy atom. The molecule has 1 fully saturated rings. The molecular formula is C19H31FN2O. The quantitative estimate of drug-likeness (QED) is 0.772. The molecule has 2 N–H and O–H groups in total. The molecule has 2 rings (SSSR count). The van der Waals surface area contributed by atoms with Gasteiger partial charge in [0.05, 0.1) is 5.60 Å². The molecule has 0 radical (unpaired) electrons. The topological polar surface area (TPSA) is 35.5 Å². The molecule has 0 saturated carbocycles. The Hall–Kier alpha value is -0.970. The molecule has 0 amide bonds. The van der Waals surface area contributed by atoms with E-state index in [0.717, 1.165) is 51.7 Å². The van der Waals surface area contributed by atoms with Crippen LogP contribution in [-0.4, -0.2) is 47.8 Å². The lowest BCUT2D eigenvalue weighted by Gasteiger charge is -2.35. The van der Waals surface area contributed by atoms with Gasteiger partial charge < -0.3 is 15.3 Å². The molecule has 1 saturated heterocycles. The largest absolute Gasteiger partial charge is 0.389 e. The summed E-state index contributed by atoms with van der Waals surface area (Å²) in [5, 5.41) is 13.9. The molecule has 1 aliphatic heterocycles. The zero-order chi connectivity index (χ0) is 16.7. The molecule has 4 heteroatoms. The third-order valence-electron chi connectivity index (χ3n) is 5.25. The summed E-state index contributed by atoms with van der Waals surface area (Å²) in [6.07, 6.45) is 4.84. The predicted molar refractivity (Wildman–Crippen MR) is 93.1 cm³/mol. The summed E-state index contributed by atoms with van der Waals surface area (Å²) in [6.45, 7) is 8.00. The van der Waals surface area contributed by atoms with Crippen LogP contribution in [0.4, 0.5) is 4.39 Å². The zero-order valence-electron chi connectivity index (χ0n) is 14.5. The normalized spacial score (nSPS) is 17.6. The van der Waals surface area contributed by atoms with Crippen LogP contribution in [0.3, 0.4) is 0 Å². The maximum atomic E-state index is 12.9. The van der Waals surface area contributed by atoms with E-state index in [1.54, 1.807) is 0 Å². The average Bonchev–Trinajstić information content (AvgIpc) is 2.60. The molecule has 0 unspecified atom stereocenters. The highest BCUT2D eigenvalue weighted by Gasteiger charge is 2.25. The molecule has 130 valence electrons. The first kappa shape index (κ1) is 18.4. The summed E-state index contributed by atoms with van der Waals surface area (Å²) in [6, 6.07) is 7.34. The zero-order valence-corrected chi connectivity index (χ0v) is 14.5. The van der Waals surface area contributed by atoms with Crippen molar-refractivity contribution in [2.24, 2.45) is 0 Å². The van der Waals surface area contributed by atoms with Crippen molar-refractivity contribution in [2.75, 3.05) is 26.2 Å². The van der Waals surface area contributed by atoms with E-state index in [-0.39, 0.29) is 5.82 Å². The van der Waals surface area contributed by atoms with Crippen LogP contribution >= 0.6 is 0 Å². The van der Waals surface area contributed by atoms with E-state index in [2.05, 4.69) is 10.2 Å². The standard InChI is InChI=1S/C19H31FN2O/c1-3-19(23,4-2)15-21-18-10-13-22(14-11-18)12-9-16-5-7-17(20)8-6-16/h5-8,18,21,23H,3-4,9-15H2,1-2H3. The van der Waals surface area contributed by atoms with E-state index in [0.29, 0.717) is 12.6 Å². The molecule has 0 bridgehead atoms. The Kier molecular flexibility index (Phi) is 7.00. The average molecular weight is 322 g/mol. The van der Waals surface area contributed by atoms with Gasteiger partial charge in [-0.2, -0.15) is 0 Å². The van der Waals surface area contributed by atoms with Gasteiger partial charge >= 0.3 is 0 Å². The fraction of sp³-hybridized carbons (Fsp3) is 0.684. The van der Waals surface area contributed by atoms with Crippen LogP contribution in [0.5, 0.6) is 0 Å². The van der Waals surface area contributed by atoms with Crippen LogP contribution in [0.25, 0.3) is 0 Å². The van der Waals surface area contributed by atoms with Gasteiger partial charge in [0.25, 0.3) is 0 Å². The van der Waals surface area contributed by atoms with Gasteiger partial charge in [0.2, 0.25) is 0 Å². The monoisotopic (exact) mass is 322 g/mol. The van der Waals surface area contributed by atoms with Gasteiger partial charge in [0, 0.05) is 19.1 Å². The van der Waals surface area contributed by atoms with Gasteiger partial charge in [-0.3, -0.25) is 0 Å². The number of aliphatic hydroxyl groups is 1. The number of nitrogens with one attached hydrogen (secondary N) is 1. The van der Waals surface area contributed by atoms with Crippen LogP contribution in [0.15, 0.2) is 24.3 Å². The summed E-state index contributed by atoms with van der Waals surface area (Å²) >= 11 is 0. The van der Waals surface area contributed by atoms with Crippen molar-refractivity contribution in [3.63, 3.8) is 0 Å². The maximum Gasteiger partial charge on any atom is 0.123 e. The van der Waals surface area contributed by atoms with E-state index in [1.165, 1.54) is 17.7 Å². The van der Waals surface area contributed by atoms with Crippen LogP contribution in [0.1, 0.15) is 45.1 Å². The molecule has 23 heavy (non-hydrogen) atoms. The summed E-state index contributed by atoms with van der Waals surface area (Å²) in [7, 11) is 0. The molecule has 0 aliphatic carbocycles. The van der Waals surface area contributed by atoms with Crippen LogP contribution in [0, 0.1) is 5.82 Å². The lowest BCUT2D eigenvalue weighted by Crippen LogP contribution is -2.48. The van der Waals surface area contributed by atoms with Gasteiger partial charge in [-0.05, 0) is 62.9 Å². The first-order chi connectivity index (χ1) is 11.0. The van der Waals surface area contributed by atoms with Crippen molar-refractivity contribution in [3.05, 3.63) is 35.6 Å². The van der Waals surface area contributed by atoms with Crippen molar-refractivity contribution in [2.45, 2.75) is 57.6 Å². The van der Waals surface area contributed by atoms with Gasteiger partial charge in [-0.25, -0.2) is 4.39 Å². The first-order valence-corrected chi connectivity index (χ1v) is 8.97. The van der Waals surface area contributed by atoms with Crippen molar-refractivity contribution in [1.29, 1.82) is 0 Å². The number of likely N-dealkylation sites (tertiary alicyclic amines) is 1. The second kappa shape index (κ2) is 8.76. The van der Waals surface area contributed by atoms with Crippen molar-refractivity contribution >= 4 is 0 Å². The smallest absolute Gasteiger partial charge is 0.123 e. The number of rotatable bonds is 8. The highest BCUT2D eigenvalue weighted by molar-refractivity contribution is 5.16. The SMILES string of the molecule is CCC(O)(CC)CNC1CCN(CCc2ccc(F)cc2)CC1. The third kappa shape index (κ3) is 5.87. The second-order valence-corrected chi connectivity index (χ2v) is 6.80. The Morgan fingerprint density at radius 3 is 2.35 bits per heavy atom. The van der Waals surface area contributed by atoms with Crippen LogP contribution in [0.2, 0.25) is 0 Å². The molecule has 0 aromatic heterocycles. The van der Waals surface area contributed by atoms with E-state index in [4.69, 9.17) is 0 Å². The summed E-state index contributed by atoms with van der Waals surface area (Å²) in [5.74, 6) is -0.167. The van der Waals surface area contributed by atoms with E-state index < -0.39 is 5.60 Å². The van der Waals surface area contributed by atoms with Gasteiger partial charge in [-0.1, -0.05) is 26.0 Å². The Bertz CT molecular complexity index is 451. The van der Waals surface area contributed by atoms with Gasteiger partial charge in [0.1, 0.15) is 5.82 Å². The molecule has 1 aromatic rings. The molecule has 1 heterocycles. The summed E-state index contributed by atoms with van der Waals surface area (Å²) < 4.78 is 12.9. The first-order valence-electron chi connectivity index (χ1n) is 8.97. The Morgan fingerprint density at radius 2 is 1.78 bits per heavy atom. The van der Waals surface area contributed by atoms with E-state index >= 15 is 0 Å². The Labute approximate surface area is 139 Å². The van der Waals surface area contributed by atoms with Crippen molar-refractivity contribution in [3.8, 4) is 0 Å². The third-order valence-corrected chi connectivity index (χ3v) is 5.25. The second-order valence-electron chi connectivity index (χ2n) is 6.80. The molecule has 0 atom stereocenters. The maximum absolute atomic E-state index is 12.9. The van der Waals surface area contributed by atoms with Crippen LogP contribution < -0.4 is 5.32 Å². The minimum absolute atomic E-state index is 0.167. The number of halogens is 1. The van der Waals surface area contributed by atoms with Gasteiger partial charge in [-0.15, -0.1) is 0 Å². The fourth-order valence-corrected chi connectivity index (χ4v) is 3.13.